The fourth-order valence-corrected chi connectivity index (χ4v) is 3.44. The van der Waals surface area contributed by atoms with Crippen molar-refractivity contribution in [3.05, 3.63) is 65.7 Å². The molecule has 0 aliphatic carbocycles. The van der Waals surface area contributed by atoms with E-state index in [0.29, 0.717) is 35.6 Å². The van der Waals surface area contributed by atoms with Crippen LogP contribution in [0.5, 0.6) is 5.75 Å². The normalized spacial score (nSPS) is 11.1. The highest BCUT2D eigenvalue weighted by molar-refractivity contribution is 6.33. The van der Waals surface area contributed by atoms with Gasteiger partial charge in [-0.3, -0.25) is 0 Å². The average molecular weight is 424 g/mol. The Bertz CT molecular complexity index is 1170. The second-order valence-corrected chi connectivity index (χ2v) is 7.17. The standard InChI is InChI=1S/C22H22ClN5O2/c1-15-13-27(14-24-15)19-9-8-16(12-20(19)30-3)21-25-22(28(26-21)10-11-29-2)17-6-4-5-7-18(17)23/h4-9,12-14H,10-11H2,1-3H3. The molecule has 0 N–H and O–H groups in total. The maximum atomic E-state index is 6.42. The average Bonchev–Trinajstić information content (AvgIpc) is 3.38. The third-order valence-electron chi connectivity index (χ3n) is 4.72. The second-order valence-electron chi connectivity index (χ2n) is 6.76. The topological polar surface area (TPSA) is 67.0 Å². The van der Waals surface area contributed by atoms with E-state index < -0.39 is 0 Å². The fourth-order valence-electron chi connectivity index (χ4n) is 3.22. The van der Waals surface area contributed by atoms with Crippen molar-refractivity contribution in [2.45, 2.75) is 13.5 Å². The summed E-state index contributed by atoms with van der Waals surface area (Å²) < 4.78 is 14.6. The van der Waals surface area contributed by atoms with Gasteiger partial charge in [-0.25, -0.2) is 14.6 Å². The Morgan fingerprint density at radius 2 is 1.93 bits per heavy atom. The highest BCUT2D eigenvalue weighted by Gasteiger charge is 2.17. The minimum absolute atomic E-state index is 0.516. The second kappa shape index (κ2) is 8.69. The molecule has 4 rings (SSSR count). The maximum absolute atomic E-state index is 6.42. The molecule has 30 heavy (non-hydrogen) atoms. The molecule has 0 aliphatic heterocycles. The summed E-state index contributed by atoms with van der Waals surface area (Å²) >= 11 is 6.42. The molecule has 2 aromatic carbocycles. The summed E-state index contributed by atoms with van der Waals surface area (Å²) in [5.74, 6) is 1.99. The molecule has 154 valence electrons. The Kier molecular flexibility index (Phi) is 5.83. The van der Waals surface area contributed by atoms with Crippen LogP contribution in [-0.4, -0.2) is 45.1 Å². The van der Waals surface area contributed by atoms with Crippen molar-refractivity contribution in [2.24, 2.45) is 0 Å². The Labute approximate surface area is 179 Å². The fraction of sp³-hybridized carbons (Fsp3) is 0.227. The van der Waals surface area contributed by atoms with E-state index in [1.807, 2.05) is 64.8 Å². The summed E-state index contributed by atoms with van der Waals surface area (Å²) in [5.41, 5.74) is 3.50. The van der Waals surface area contributed by atoms with Crippen LogP contribution in [0, 0.1) is 6.92 Å². The SMILES string of the molecule is COCCn1nc(-c2ccc(-n3cnc(C)c3)c(OC)c2)nc1-c1ccccc1Cl. The van der Waals surface area contributed by atoms with Crippen molar-refractivity contribution in [3.63, 3.8) is 0 Å². The van der Waals surface area contributed by atoms with Gasteiger partial charge in [0.1, 0.15) is 5.75 Å². The first-order valence-corrected chi connectivity index (χ1v) is 9.86. The van der Waals surface area contributed by atoms with Gasteiger partial charge in [-0.05, 0) is 37.3 Å². The van der Waals surface area contributed by atoms with Crippen molar-refractivity contribution < 1.29 is 9.47 Å². The van der Waals surface area contributed by atoms with Gasteiger partial charge in [0.15, 0.2) is 11.6 Å². The zero-order valence-corrected chi connectivity index (χ0v) is 17.8. The molecule has 0 unspecified atom stereocenters. The molecule has 0 fully saturated rings. The number of halogens is 1. The molecule has 0 amide bonds. The largest absolute Gasteiger partial charge is 0.495 e. The lowest BCUT2D eigenvalue weighted by Crippen LogP contribution is -2.08. The van der Waals surface area contributed by atoms with Crippen molar-refractivity contribution in [1.29, 1.82) is 0 Å². The first kappa shape index (κ1) is 20.1. The van der Waals surface area contributed by atoms with Crippen LogP contribution in [-0.2, 0) is 11.3 Å². The van der Waals surface area contributed by atoms with Gasteiger partial charge < -0.3 is 14.0 Å². The van der Waals surface area contributed by atoms with Gasteiger partial charge in [0.05, 0.1) is 43.0 Å². The molecule has 0 bridgehead atoms. The predicted molar refractivity (Wildman–Crippen MR) is 116 cm³/mol. The quantitative estimate of drug-likeness (QED) is 0.440. The number of nitrogens with zero attached hydrogens (tertiary/aromatic N) is 5. The number of ether oxygens (including phenoxy) is 2. The number of aryl methyl sites for hydroxylation is 1. The van der Waals surface area contributed by atoms with Crippen LogP contribution >= 0.6 is 11.6 Å². The molecule has 0 radical (unpaired) electrons. The first-order valence-electron chi connectivity index (χ1n) is 9.48. The predicted octanol–water partition coefficient (Wildman–Crippen LogP) is 4.41. The lowest BCUT2D eigenvalue weighted by atomic mass is 10.1. The van der Waals surface area contributed by atoms with E-state index in [9.17, 15) is 0 Å². The molecule has 0 aliphatic rings. The van der Waals surface area contributed by atoms with Gasteiger partial charge in [0.2, 0.25) is 0 Å². The Balaban J connectivity index is 1.77. The molecular weight excluding hydrogens is 402 g/mol. The zero-order valence-electron chi connectivity index (χ0n) is 17.0. The first-order chi connectivity index (χ1) is 14.6. The Morgan fingerprint density at radius 3 is 2.63 bits per heavy atom. The van der Waals surface area contributed by atoms with Crippen molar-refractivity contribution in [1.82, 2.24) is 24.3 Å². The van der Waals surface area contributed by atoms with E-state index in [-0.39, 0.29) is 0 Å². The number of benzene rings is 2. The van der Waals surface area contributed by atoms with Gasteiger partial charge in [-0.15, -0.1) is 0 Å². The summed E-state index contributed by atoms with van der Waals surface area (Å²) in [4.78, 5) is 9.07. The molecular formula is C22H22ClN5O2. The molecule has 2 heterocycles. The highest BCUT2D eigenvalue weighted by Crippen LogP contribution is 2.31. The van der Waals surface area contributed by atoms with E-state index in [2.05, 4.69) is 4.98 Å². The molecule has 0 saturated carbocycles. The van der Waals surface area contributed by atoms with Crippen LogP contribution in [0.2, 0.25) is 5.02 Å². The summed E-state index contributed by atoms with van der Waals surface area (Å²) in [7, 11) is 3.31. The van der Waals surface area contributed by atoms with Crippen LogP contribution < -0.4 is 4.74 Å². The van der Waals surface area contributed by atoms with Crippen molar-refractivity contribution in [3.8, 4) is 34.2 Å². The lowest BCUT2D eigenvalue weighted by Gasteiger charge is -2.10. The van der Waals surface area contributed by atoms with Gasteiger partial charge in [0.25, 0.3) is 0 Å². The summed E-state index contributed by atoms with van der Waals surface area (Å²) in [5, 5.41) is 5.33. The van der Waals surface area contributed by atoms with Crippen molar-refractivity contribution >= 4 is 11.6 Å². The molecule has 0 saturated heterocycles. The lowest BCUT2D eigenvalue weighted by molar-refractivity contribution is 0.184. The number of hydrogen-bond acceptors (Lipinski definition) is 5. The van der Waals surface area contributed by atoms with Crippen LogP contribution in [0.15, 0.2) is 55.0 Å². The summed E-state index contributed by atoms with van der Waals surface area (Å²) in [6.07, 6.45) is 3.71. The van der Waals surface area contributed by atoms with Crippen molar-refractivity contribution in [2.75, 3.05) is 20.8 Å². The molecule has 4 aromatic rings. The Morgan fingerprint density at radius 1 is 1.10 bits per heavy atom. The number of imidazole rings is 1. The van der Waals surface area contributed by atoms with Crippen LogP contribution in [0.1, 0.15) is 5.69 Å². The van der Waals surface area contributed by atoms with E-state index in [4.69, 9.17) is 31.2 Å². The minimum Gasteiger partial charge on any atom is -0.495 e. The van der Waals surface area contributed by atoms with Gasteiger partial charge in [0, 0.05) is 24.4 Å². The number of hydrogen-bond donors (Lipinski definition) is 0. The van der Waals surface area contributed by atoms with E-state index in [1.54, 1.807) is 20.5 Å². The molecule has 0 atom stereocenters. The third kappa shape index (κ3) is 3.94. The summed E-state index contributed by atoms with van der Waals surface area (Å²) in [6.45, 7) is 3.03. The number of methoxy groups -OCH3 is 2. The summed E-state index contributed by atoms with van der Waals surface area (Å²) in [6, 6.07) is 13.5. The third-order valence-corrected chi connectivity index (χ3v) is 5.05. The monoisotopic (exact) mass is 423 g/mol. The highest BCUT2D eigenvalue weighted by atomic mass is 35.5. The van der Waals surface area contributed by atoms with Crippen LogP contribution in [0.4, 0.5) is 0 Å². The molecule has 0 spiro atoms. The van der Waals surface area contributed by atoms with Crippen LogP contribution in [0.25, 0.3) is 28.5 Å². The Hall–Kier alpha value is -3.16. The maximum Gasteiger partial charge on any atom is 0.181 e. The van der Waals surface area contributed by atoms with E-state index in [0.717, 1.165) is 22.5 Å². The minimum atomic E-state index is 0.516. The zero-order chi connectivity index (χ0) is 21.1. The van der Waals surface area contributed by atoms with Gasteiger partial charge >= 0.3 is 0 Å². The molecule has 8 heteroatoms. The smallest absolute Gasteiger partial charge is 0.181 e. The number of aromatic nitrogens is 5. The van der Waals surface area contributed by atoms with Crippen LogP contribution in [0.3, 0.4) is 0 Å². The molecule has 7 nitrogen and oxygen atoms in total. The van der Waals surface area contributed by atoms with E-state index >= 15 is 0 Å². The van der Waals surface area contributed by atoms with Gasteiger partial charge in [-0.2, -0.15) is 5.10 Å². The molecule has 2 aromatic heterocycles. The number of rotatable bonds is 7. The van der Waals surface area contributed by atoms with Gasteiger partial charge in [-0.1, -0.05) is 23.7 Å². The van der Waals surface area contributed by atoms with E-state index in [1.165, 1.54) is 0 Å².